The largest absolute Gasteiger partial charge is 0.507 e. The number of carboxylic acids is 1. The molecule has 0 aliphatic rings. The summed E-state index contributed by atoms with van der Waals surface area (Å²) in [5, 5.41) is 18.3. The molecule has 0 amide bonds. The Morgan fingerprint density at radius 3 is 2.73 bits per heavy atom. The Balaban J connectivity index is 3.28. The topological polar surface area (TPSA) is 57.5 Å². The molecule has 80 valence electrons. The summed E-state index contributed by atoms with van der Waals surface area (Å²) >= 11 is 3.17. The van der Waals surface area contributed by atoms with Crippen LogP contribution in [0.15, 0.2) is 22.7 Å². The van der Waals surface area contributed by atoms with E-state index < -0.39 is 5.97 Å². The number of carbonyl (C=O) groups is 1. The number of benzene rings is 1. The van der Waals surface area contributed by atoms with Crippen molar-refractivity contribution in [3.05, 3.63) is 33.8 Å². The van der Waals surface area contributed by atoms with Crippen molar-refractivity contribution < 1.29 is 15.0 Å². The first kappa shape index (κ1) is 11.8. The van der Waals surface area contributed by atoms with Gasteiger partial charge in [-0.2, -0.15) is 0 Å². The van der Waals surface area contributed by atoms with Crippen molar-refractivity contribution in [3.8, 4) is 5.75 Å². The molecule has 0 aliphatic heterocycles. The SMILES string of the molecule is CCC=Cc1ccc(O)c(C(=O)O)c1Br. The number of carboxylic acid groups (broad SMARTS) is 1. The molecule has 2 N–H and O–H groups in total. The number of aromatic carboxylic acids is 1. The van der Waals surface area contributed by atoms with Gasteiger partial charge >= 0.3 is 5.97 Å². The summed E-state index contributed by atoms with van der Waals surface area (Å²) in [7, 11) is 0. The molecule has 0 aromatic heterocycles. The zero-order valence-electron chi connectivity index (χ0n) is 8.20. The first-order valence-corrected chi connectivity index (χ1v) is 5.28. The van der Waals surface area contributed by atoms with Crippen LogP contribution in [0.3, 0.4) is 0 Å². The zero-order valence-corrected chi connectivity index (χ0v) is 9.78. The monoisotopic (exact) mass is 270 g/mol. The second-order valence-electron chi connectivity index (χ2n) is 2.98. The first-order chi connectivity index (χ1) is 7.07. The Morgan fingerprint density at radius 1 is 1.53 bits per heavy atom. The third kappa shape index (κ3) is 2.59. The molecule has 0 heterocycles. The summed E-state index contributed by atoms with van der Waals surface area (Å²) in [6, 6.07) is 3.04. The van der Waals surface area contributed by atoms with E-state index in [1.54, 1.807) is 6.07 Å². The third-order valence-corrected chi connectivity index (χ3v) is 2.75. The fraction of sp³-hybridized carbons (Fsp3) is 0.182. The average molecular weight is 271 g/mol. The first-order valence-electron chi connectivity index (χ1n) is 4.49. The summed E-state index contributed by atoms with van der Waals surface area (Å²) in [5.74, 6) is -1.38. The molecular formula is C11H11BrO3. The summed E-state index contributed by atoms with van der Waals surface area (Å²) < 4.78 is 0.403. The molecule has 0 saturated heterocycles. The average Bonchev–Trinajstić information content (AvgIpc) is 2.16. The van der Waals surface area contributed by atoms with Crippen LogP contribution in [0, 0.1) is 0 Å². The molecule has 0 unspecified atom stereocenters. The zero-order chi connectivity index (χ0) is 11.4. The molecule has 0 spiro atoms. The van der Waals surface area contributed by atoms with Gasteiger partial charge in [0.15, 0.2) is 0 Å². The van der Waals surface area contributed by atoms with E-state index in [1.807, 2.05) is 19.1 Å². The van der Waals surface area contributed by atoms with Crippen LogP contribution < -0.4 is 0 Å². The number of halogens is 1. The lowest BCUT2D eigenvalue weighted by Gasteiger charge is -2.05. The molecule has 4 heteroatoms. The number of hydrogen-bond donors (Lipinski definition) is 2. The van der Waals surface area contributed by atoms with Crippen molar-refractivity contribution in [1.29, 1.82) is 0 Å². The lowest BCUT2D eigenvalue weighted by Crippen LogP contribution is -1.99. The highest BCUT2D eigenvalue weighted by Crippen LogP contribution is 2.30. The highest BCUT2D eigenvalue weighted by molar-refractivity contribution is 9.10. The maximum absolute atomic E-state index is 10.9. The normalized spacial score (nSPS) is 10.8. The molecule has 15 heavy (non-hydrogen) atoms. The van der Waals surface area contributed by atoms with Crippen LogP contribution >= 0.6 is 15.9 Å². The van der Waals surface area contributed by atoms with E-state index in [0.717, 1.165) is 12.0 Å². The number of allylic oxidation sites excluding steroid dienone is 1. The van der Waals surface area contributed by atoms with Gasteiger partial charge in [0, 0.05) is 4.47 Å². The molecule has 1 rings (SSSR count). The number of hydrogen-bond acceptors (Lipinski definition) is 2. The second-order valence-corrected chi connectivity index (χ2v) is 3.77. The summed E-state index contributed by atoms with van der Waals surface area (Å²) in [5.41, 5.74) is 0.639. The number of aromatic hydroxyl groups is 1. The molecular weight excluding hydrogens is 260 g/mol. The Hall–Kier alpha value is -1.29. The van der Waals surface area contributed by atoms with Crippen molar-refractivity contribution in [2.75, 3.05) is 0 Å². The van der Waals surface area contributed by atoms with Crippen LogP contribution in [0.25, 0.3) is 6.08 Å². The Kier molecular flexibility index (Phi) is 3.91. The molecule has 0 saturated carbocycles. The molecule has 1 aromatic rings. The minimum absolute atomic E-state index is 0.103. The molecule has 0 atom stereocenters. The summed E-state index contributed by atoms with van der Waals surface area (Å²) in [4.78, 5) is 10.9. The van der Waals surface area contributed by atoms with Crippen LogP contribution in [0.5, 0.6) is 5.75 Å². The van der Waals surface area contributed by atoms with Gasteiger partial charge in [-0.1, -0.05) is 25.1 Å². The van der Waals surface area contributed by atoms with Gasteiger partial charge in [0.1, 0.15) is 11.3 Å². The van der Waals surface area contributed by atoms with Crippen molar-refractivity contribution in [2.45, 2.75) is 13.3 Å². The van der Waals surface area contributed by atoms with E-state index in [2.05, 4.69) is 15.9 Å². The molecule has 0 radical (unpaired) electrons. The quantitative estimate of drug-likeness (QED) is 0.886. The Bertz CT molecular complexity index is 411. The molecule has 0 fully saturated rings. The van der Waals surface area contributed by atoms with E-state index in [0.29, 0.717) is 4.47 Å². The van der Waals surface area contributed by atoms with Gasteiger partial charge in [0.25, 0.3) is 0 Å². The number of rotatable bonds is 3. The van der Waals surface area contributed by atoms with Crippen LogP contribution in [0.2, 0.25) is 0 Å². The van der Waals surface area contributed by atoms with Crippen LogP contribution in [0.1, 0.15) is 29.3 Å². The van der Waals surface area contributed by atoms with E-state index in [4.69, 9.17) is 5.11 Å². The fourth-order valence-electron chi connectivity index (χ4n) is 1.16. The summed E-state index contributed by atoms with van der Waals surface area (Å²) in [6.07, 6.45) is 4.61. The van der Waals surface area contributed by atoms with Crippen LogP contribution in [-0.4, -0.2) is 16.2 Å². The molecule has 0 bridgehead atoms. The minimum atomic E-state index is -1.15. The van der Waals surface area contributed by atoms with Gasteiger partial charge in [-0.05, 0) is 34.0 Å². The second kappa shape index (κ2) is 4.98. The van der Waals surface area contributed by atoms with Gasteiger partial charge in [-0.15, -0.1) is 0 Å². The van der Waals surface area contributed by atoms with Gasteiger partial charge in [0.05, 0.1) is 0 Å². The van der Waals surface area contributed by atoms with Crippen molar-refractivity contribution in [3.63, 3.8) is 0 Å². The standard InChI is InChI=1S/C11H11BrO3/c1-2-3-4-7-5-6-8(13)9(10(7)12)11(14)15/h3-6,13H,2H2,1H3,(H,14,15). The highest BCUT2D eigenvalue weighted by Gasteiger charge is 2.15. The van der Waals surface area contributed by atoms with Gasteiger partial charge in [-0.25, -0.2) is 4.79 Å². The van der Waals surface area contributed by atoms with Crippen LogP contribution in [0.4, 0.5) is 0 Å². The molecule has 1 aromatic carbocycles. The maximum Gasteiger partial charge on any atom is 0.340 e. The predicted octanol–water partition coefficient (Wildman–Crippen LogP) is 3.28. The van der Waals surface area contributed by atoms with Crippen molar-refractivity contribution in [2.24, 2.45) is 0 Å². The van der Waals surface area contributed by atoms with Crippen molar-refractivity contribution >= 4 is 28.0 Å². The molecule has 3 nitrogen and oxygen atoms in total. The van der Waals surface area contributed by atoms with Gasteiger partial charge in [-0.3, -0.25) is 0 Å². The van der Waals surface area contributed by atoms with Gasteiger partial charge in [0.2, 0.25) is 0 Å². The summed E-state index contributed by atoms with van der Waals surface area (Å²) in [6.45, 7) is 1.99. The van der Waals surface area contributed by atoms with E-state index in [-0.39, 0.29) is 11.3 Å². The maximum atomic E-state index is 10.9. The fourth-order valence-corrected chi connectivity index (χ4v) is 1.80. The van der Waals surface area contributed by atoms with E-state index in [1.165, 1.54) is 6.07 Å². The van der Waals surface area contributed by atoms with Crippen LogP contribution in [-0.2, 0) is 0 Å². The minimum Gasteiger partial charge on any atom is -0.507 e. The Morgan fingerprint density at radius 2 is 2.20 bits per heavy atom. The van der Waals surface area contributed by atoms with Crippen molar-refractivity contribution in [1.82, 2.24) is 0 Å². The lowest BCUT2D eigenvalue weighted by molar-refractivity contribution is 0.0692. The number of phenols is 1. The Labute approximate surface area is 96.2 Å². The van der Waals surface area contributed by atoms with Gasteiger partial charge < -0.3 is 10.2 Å². The highest BCUT2D eigenvalue weighted by atomic mass is 79.9. The van der Waals surface area contributed by atoms with E-state index in [9.17, 15) is 9.90 Å². The van der Waals surface area contributed by atoms with E-state index >= 15 is 0 Å². The third-order valence-electron chi connectivity index (χ3n) is 1.90. The smallest absolute Gasteiger partial charge is 0.340 e. The predicted molar refractivity (Wildman–Crippen MR) is 62.1 cm³/mol. The lowest BCUT2D eigenvalue weighted by atomic mass is 10.1. The molecule has 0 aliphatic carbocycles.